The third-order valence-electron chi connectivity index (χ3n) is 7.50. The molecule has 12 nitrogen and oxygen atoms in total. The van der Waals surface area contributed by atoms with Crippen molar-refractivity contribution in [3.63, 3.8) is 0 Å². The molecule has 0 saturated heterocycles. The van der Waals surface area contributed by atoms with Gasteiger partial charge in [0.05, 0.1) is 66.3 Å². The van der Waals surface area contributed by atoms with Crippen LogP contribution in [0.4, 0.5) is 0 Å². The van der Waals surface area contributed by atoms with Crippen molar-refractivity contribution in [3.05, 3.63) is 41.4 Å². The standard InChI is InChI=1S/C28H38N8O4/c1-8-39-27-21-9-10-25-30-12-20-11-29-22(13-35(20)25)26-23(16-38-7)31-34(6)28(26)40-19(4)18(3)33(5)14-24(21)36(32-27)17(2)15-37/h9-13,17-19,37H,8,14-16H2,1-7H3/b10-9+/t17-,18+,19?/m0/s1. The van der Waals surface area contributed by atoms with Crippen molar-refractivity contribution >= 4 is 17.7 Å². The molecular formula is C28H38N8O4. The zero-order valence-corrected chi connectivity index (χ0v) is 24.2. The Kier molecular flexibility index (Phi) is 7.92. The molecule has 0 amide bonds. The van der Waals surface area contributed by atoms with E-state index in [2.05, 4.69) is 30.8 Å². The van der Waals surface area contributed by atoms with Crippen LogP contribution < -0.4 is 9.47 Å². The first kappa shape index (κ1) is 27.8. The number of aromatic nitrogens is 7. The monoisotopic (exact) mass is 550 g/mol. The number of fused-ring (bicyclic) bond motifs is 4. The van der Waals surface area contributed by atoms with Crippen LogP contribution in [0.15, 0.2) is 18.6 Å². The Balaban J connectivity index is 1.74. The molecule has 0 aliphatic carbocycles. The fraction of sp³-hybridized carbons (Fsp3) is 0.500. The summed E-state index contributed by atoms with van der Waals surface area (Å²) in [6, 6.07) is -0.224. The Morgan fingerprint density at radius 2 is 1.93 bits per heavy atom. The number of aryl methyl sites for hydroxylation is 1. The normalized spacial score (nSPS) is 19.5. The molecule has 1 unspecified atom stereocenters. The van der Waals surface area contributed by atoms with Crippen molar-refractivity contribution in [2.45, 2.75) is 59.0 Å². The van der Waals surface area contributed by atoms with Gasteiger partial charge >= 0.3 is 0 Å². The maximum Gasteiger partial charge on any atom is 0.240 e. The average molecular weight is 551 g/mol. The van der Waals surface area contributed by atoms with Crippen LogP contribution in [0.2, 0.25) is 0 Å². The second kappa shape index (κ2) is 11.4. The molecule has 0 saturated carbocycles. The molecule has 1 aliphatic rings. The lowest BCUT2D eigenvalue weighted by Gasteiger charge is -2.31. The number of hydrogen-bond acceptors (Lipinski definition) is 9. The minimum atomic E-state index is -0.229. The minimum Gasteiger partial charge on any atom is -0.476 e. The van der Waals surface area contributed by atoms with E-state index in [-0.39, 0.29) is 24.8 Å². The number of methoxy groups -OCH3 is 1. The predicted octanol–water partition coefficient (Wildman–Crippen LogP) is 3.20. The van der Waals surface area contributed by atoms with Crippen LogP contribution in [0.25, 0.3) is 28.9 Å². The Hall–Kier alpha value is -3.74. The molecule has 0 aromatic carbocycles. The number of imidazole rings is 1. The van der Waals surface area contributed by atoms with E-state index >= 15 is 0 Å². The van der Waals surface area contributed by atoms with Crippen molar-refractivity contribution in [3.8, 4) is 23.0 Å². The highest BCUT2D eigenvalue weighted by Crippen LogP contribution is 2.35. The second-order valence-corrected chi connectivity index (χ2v) is 10.3. The smallest absolute Gasteiger partial charge is 0.240 e. The number of aliphatic hydroxyl groups is 1. The van der Waals surface area contributed by atoms with Crippen LogP contribution in [0.3, 0.4) is 0 Å². The molecule has 3 atom stereocenters. The molecule has 0 radical (unpaired) electrons. The number of likely N-dealkylation sites (N-methyl/N-ethyl adjacent to an activating group) is 1. The molecule has 5 rings (SSSR count). The van der Waals surface area contributed by atoms with Gasteiger partial charge in [-0.25, -0.2) is 9.67 Å². The van der Waals surface area contributed by atoms with Gasteiger partial charge in [0, 0.05) is 32.9 Å². The van der Waals surface area contributed by atoms with Gasteiger partial charge in [-0.2, -0.15) is 5.10 Å². The zero-order valence-electron chi connectivity index (χ0n) is 24.2. The van der Waals surface area contributed by atoms with Gasteiger partial charge in [0.2, 0.25) is 11.8 Å². The van der Waals surface area contributed by atoms with Gasteiger partial charge in [-0.15, -0.1) is 5.10 Å². The highest BCUT2D eigenvalue weighted by molar-refractivity contribution is 5.74. The van der Waals surface area contributed by atoms with Crippen LogP contribution in [-0.4, -0.2) is 83.5 Å². The lowest BCUT2D eigenvalue weighted by Crippen LogP contribution is -2.41. The molecule has 40 heavy (non-hydrogen) atoms. The van der Waals surface area contributed by atoms with Crippen molar-refractivity contribution in [2.24, 2.45) is 7.05 Å². The summed E-state index contributed by atoms with van der Waals surface area (Å²) in [5, 5.41) is 19.5. The van der Waals surface area contributed by atoms with E-state index in [1.165, 1.54) is 0 Å². The molecule has 0 fully saturated rings. The molecule has 4 aromatic heterocycles. The fourth-order valence-corrected chi connectivity index (χ4v) is 5.00. The van der Waals surface area contributed by atoms with Gasteiger partial charge in [0.25, 0.3) is 0 Å². The Morgan fingerprint density at radius 1 is 1.15 bits per heavy atom. The van der Waals surface area contributed by atoms with E-state index in [1.807, 2.05) is 48.3 Å². The molecule has 4 aromatic rings. The number of nitrogens with zero attached hydrogens (tertiary/aromatic N) is 8. The molecule has 2 bridgehead atoms. The van der Waals surface area contributed by atoms with Crippen molar-refractivity contribution < 1.29 is 19.3 Å². The quantitative estimate of drug-likeness (QED) is 0.386. The van der Waals surface area contributed by atoms with E-state index in [4.69, 9.17) is 29.4 Å². The maximum atomic E-state index is 10.0. The van der Waals surface area contributed by atoms with Crippen molar-refractivity contribution in [1.82, 2.24) is 38.8 Å². The first-order valence-corrected chi connectivity index (χ1v) is 13.6. The first-order chi connectivity index (χ1) is 19.3. The maximum absolute atomic E-state index is 10.0. The molecule has 1 aliphatic heterocycles. The average Bonchev–Trinajstić information content (AvgIpc) is 3.59. The largest absolute Gasteiger partial charge is 0.476 e. The van der Waals surface area contributed by atoms with Gasteiger partial charge < -0.3 is 19.3 Å². The summed E-state index contributed by atoms with van der Waals surface area (Å²) in [7, 11) is 5.57. The van der Waals surface area contributed by atoms with E-state index < -0.39 is 0 Å². The van der Waals surface area contributed by atoms with Gasteiger partial charge in [-0.1, -0.05) is 0 Å². The van der Waals surface area contributed by atoms with Crippen LogP contribution in [0, 0.1) is 0 Å². The van der Waals surface area contributed by atoms with E-state index in [9.17, 15) is 5.11 Å². The summed E-state index contributed by atoms with van der Waals surface area (Å²) in [4.78, 5) is 11.6. The summed E-state index contributed by atoms with van der Waals surface area (Å²) >= 11 is 0. The van der Waals surface area contributed by atoms with Crippen molar-refractivity contribution in [2.75, 3.05) is 27.4 Å². The van der Waals surface area contributed by atoms with Gasteiger partial charge in [-0.3, -0.25) is 19.0 Å². The van der Waals surface area contributed by atoms with Crippen LogP contribution >= 0.6 is 0 Å². The third kappa shape index (κ3) is 4.98. The third-order valence-corrected chi connectivity index (χ3v) is 7.50. The number of ether oxygens (including phenoxy) is 3. The summed E-state index contributed by atoms with van der Waals surface area (Å²) in [5.74, 6) is 1.87. The zero-order chi connectivity index (χ0) is 28.6. The molecule has 5 heterocycles. The van der Waals surface area contributed by atoms with Crippen molar-refractivity contribution in [1.29, 1.82) is 0 Å². The molecule has 0 spiro atoms. The first-order valence-electron chi connectivity index (χ1n) is 13.6. The number of hydrogen-bond donors (Lipinski definition) is 1. The summed E-state index contributed by atoms with van der Waals surface area (Å²) in [6.45, 7) is 9.36. The van der Waals surface area contributed by atoms with E-state index in [1.54, 1.807) is 24.2 Å². The van der Waals surface area contributed by atoms with E-state index in [0.717, 1.165) is 33.9 Å². The van der Waals surface area contributed by atoms with Gasteiger partial charge in [0.15, 0.2) is 0 Å². The lowest BCUT2D eigenvalue weighted by molar-refractivity contribution is 0.0914. The highest BCUT2D eigenvalue weighted by Gasteiger charge is 2.29. The Labute approximate surface area is 233 Å². The van der Waals surface area contributed by atoms with E-state index in [0.29, 0.717) is 37.2 Å². The Morgan fingerprint density at radius 3 is 2.65 bits per heavy atom. The van der Waals surface area contributed by atoms with Crippen LogP contribution in [-0.2, 0) is 24.9 Å². The van der Waals surface area contributed by atoms with Crippen LogP contribution in [0.1, 0.15) is 56.5 Å². The predicted molar refractivity (Wildman–Crippen MR) is 151 cm³/mol. The number of rotatable bonds is 6. The second-order valence-electron chi connectivity index (χ2n) is 10.3. The summed E-state index contributed by atoms with van der Waals surface area (Å²) in [6.07, 6.45) is 9.28. The highest BCUT2D eigenvalue weighted by atomic mass is 16.5. The SMILES string of the molecule is CCOc1nn([C@@H](C)CO)c2c1/C=C/c1ncc3cnc(cn13)-c1c(COC)nn(C)c1OC(C)[C@@H](C)N(C)C2. The lowest BCUT2D eigenvalue weighted by atomic mass is 10.1. The van der Waals surface area contributed by atoms with Gasteiger partial charge in [-0.05, 0) is 46.9 Å². The molecule has 1 N–H and O–H groups in total. The fourth-order valence-electron chi connectivity index (χ4n) is 5.00. The molecular weight excluding hydrogens is 512 g/mol. The summed E-state index contributed by atoms with van der Waals surface area (Å²) in [5.41, 5.74) is 4.88. The van der Waals surface area contributed by atoms with Crippen LogP contribution in [0.5, 0.6) is 11.8 Å². The summed E-state index contributed by atoms with van der Waals surface area (Å²) < 4.78 is 23.7. The topological polar surface area (TPSA) is 117 Å². The van der Waals surface area contributed by atoms with Gasteiger partial charge in [0.1, 0.15) is 17.6 Å². The minimum absolute atomic E-state index is 0.00443. The Bertz CT molecular complexity index is 1520. The number of aliphatic hydroxyl groups excluding tert-OH is 1. The molecule has 214 valence electrons. The molecule has 12 heteroatoms.